The molecule has 1 aliphatic rings. The van der Waals surface area contributed by atoms with E-state index in [1.807, 2.05) is 18.2 Å². The Balaban J connectivity index is 1.83. The summed E-state index contributed by atoms with van der Waals surface area (Å²) in [6.07, 6.45) is 4.08. The molecule has 3 rings (SSSR count). The third kappa shape index (κ3) is 3.56. The lowest BCUT2D eigenvalue weighted by Gasteiger charge is -2.23. The summed E-state index contributed by atoms with van der Waals surface area (Å²) in [4.78, 5) is 30.7. The molecule has 0 unspecified atom stereocenters. The van der Waals surface area contributed by atoms with E-state index in [0.29, 0.717) is 24.2 Å². The molecule has 118 valence electrons. The molecule has 0 bridgehead atoms. The summed E-state index contributed by atoms with van der Waals surface area (Å²) in [6, 6.07) is 12.4. The first-order valence-corrected chi connectivity index (χ1v) is 7.70. The zero-order chi connectivity index (χ0) is 16.1. The van der Waals surface area contributed by atoms with Crippen LogP contribution in [0.15, 0.2) is 54.9 Å². The Morgan fingerprint density at radius 3 is 2.43 bits per heavy atom. The van der Waals surface area contributed by atoms with Gasteiger partial charge in [-0.25, -0.2) is 4.79 Å². The van der Waals surface area contributed by atoms with E-state index in [4.69, 9.17) is 4.74 Å². The average Bonchev–Trinajstić information content (AvgIpc) is 3.15. The van der Waals surface area contributed by atoms with Gasteiger partial charge < -0.3 is 9.64 Å². The monoisotopic (exact) mass is 310 g/mol. The van der Waals surface area contributed by atoms with Crippen molar-refractivity contribution in [2.45, 2.75) is 18.9 Å². The molecule has 2 heterocycles. The SMILES string of the molecule is O=C(O[C@@H](C(=O)N1CCCC1)c1ccccc1)c1cccnc1. The summed E-state index contributed by atoms with van der Waals surface area (Å²) in [5.74, 6) is -0.703. The van der Waals surface area contributed by atoms with Crippen LogP contribution in [0.2, 0.25) is 0 Å². The molecule has 1 aromatic heterocycles. The van der Waals surface area contributed by atoms with Gasteiger partial charge in [0.25, 0.3) is 5.91 Å². The smallest absolute Gasteiger partial charge is 0.340 e. The molecule has 23 heavy (non-hydrogen) atoms. The first-order valence-electron chi connectivity index (χ1n) is 7.70. The maximum Gasteiger partial charge on any atom is 0.340 e. The minimum atomic E-state index is -0.915. The molecule has 0 aliphatic carbocycles. The van der Waals surface area contributed by atoms with Gasteiger partial charge in [0.05, 0.1) is 5.56 Å². The number of benzene rings is 1. The molecule has 5 heteroatoms. The minimum Gasteiger partial charge on any atom is -0.444 e. The van der Waals surface area contributed by atoms with Gasteiger partial charge in [-0.05, 0) is 25.0 Å². The number of aromatic nitrogens is 1. The van der Waals surface area contributed by atoms with E-state index in [0.717, 1.165) is 12.8 Å². The van der Waals surface area contributed by atoms with Crippen LogP contribution in [0.3, 0.4) is 0 Å². The first kappa shape index (κ1) is 15.2. The van der Waals surface area contributed by atoms with E-state index in [2.05, 4.69) is 4.98 Å². The van der Waals surface area contributed by atoms with Crippen LogP contribution in [0.4, 0.5) is 0 Å². The second kappa shape index (κ2) is 7.05. The predicted octanol–water partition coefficient (Wildman–Crippen LogP) is 2.60. The van der Waals surface area contributed by atoms with E-state index >= 15 is 0 Å². The van der Waals surface area contributed by atoms with Crippen LogP contribution < -0.4 is 0 Å². The molecule has 0 spiro atoms. The number of rotatable bonds is 4. The summed E-state index contributed by atoms with van der Waals surface area (Å²) >= 11 is 0. The third-order valence-electron chi connectivity index (χ3n) is 3.87. The molecule has 1 saturated heterocycles. The summed E-state index contributed by atoms with van der Waals surface area (Å²) in [6.45, 7) is 1.43. The minimum absolute atomic E-state index is 0.161. The summed E-state index contributed by atoms with van der Waals surface area (Å²) < 4.78 is 5.53. The van der Waals surface area contributed by atoms with Crippen molar-refractivity contribution in [3.63, 3.8) is 0 Å². The predicted molar refractivity (Wildman–Crippen MR) is 84.6 cm³/mol. The van der Waals surface area contributed by atoms with Crippen LogP contribution in [0.5, 0.6) is 0 Å². The normalized spacial score (nSPS) is 15.2. The number of ether oxygens (including phenoxy) is 1. The van der Waals surface area contributed by atoms with Crippen LogP contribution in [0, 0.1) is 0 Å². The molecule has 1 atom stereocenters. The van der Waals surface area contributed by atoms with Crippen molar-refractivity contribution < 1.29 is 14.3 Å². The lowest BCUT2D eigenvalue weighted by molar-refractivity contribution is -0.140. The van der Waals surface area contributed by atoms with Crippen LogP contribution in [0.1, 0.15) is 34.9 Å². The Kier molecular flexibility index (Phi) is 4.66. The number of nitrogens with zero attached hydrogens (tertiary/aromatic N) is 2. The highest BCUT2D eigenvalue weighted by atomic mass is 16.5. The number of likely N-dealkylation sites (tertiary alicyclic amines) is 1. The van der Waals surface area contributed by atoms with Gasteiger partial charge in [-0.3, -0.25) is 9.78 Å². The standard InChI is InChI=1S/C18H18N2O3/c21-17(20-11-4-5-12-20)16(14-7-2-1-3-8-14)23-18(22)15-9-6-10-19-13-15/h1-3,6-10,13,16H,4-5,11-12H2/t16-/m1/s1. The maximum absolute atomic E-state index is 12.7. The van der Waals surface area contributed by atoms with E-state index in [1.165, 1.54) is 6.20 Å². The highest BCUT2D eigenvalue weighted by molar-refractivity contribution is 5.92. The molecular weight excluding hydrogens is 292 g/mol. The zero-order valence-corrected chi connectivity index (χ0v) is 12.7. The van der Waals surface area contributed by atoms with E-state index in [1.54, 1.807) is 35.4 Å². The topological polar surface area (TPSA) is 59.5 Å². The highest BCUT2D eigenvalue weighted by Crippen LogP contribution is 2.24. The average molecular weight is 310 g/mol. The lowest BCUT2D eigenvalue weighted by Crippen LogP contribution is -2.34. The number of carbonyl (C=O) groups excluding carboxylic acids is 2. The van der Waals surface area contributed by atoms with Crippen molar-refractivity contribution in [3.8, 4) is 0 Å². The second-order valence-corrected chi connectivity index (χ2v) is 5.47. The van der Waals surface area contributed by atoms with Crippen molar-refractivity contribution in [1.29, 1.82) is 0 Å². The molecule has 0 radical (unpaired) electrons. The zero-order valence-electron chi connectivity index (χ0n) is 12.7. The summed E-state index contributed by atoms with van der Waals surface area (Å²) in [5.41, 5.74) is 1.02. The van der Waals surface area contributed by atoms with Gasteiger partial charge in [0.1, 0.15) is 0 Å². The molecular formula is C18H18N2O3. The quantitative estimate of drug-likeness (QED) is 0.815. The van der Waals surface area contributed by atoms with Crippen molar-refractivity contribution in [2.24, 2.45) is 0 Å². The molecule has 2 aromatic rings. The van der Waals surface area contributed by atoms with Crippen LogP contribution in [-0.2, 0) is 9.53 Å². The van der Waals surface area contributed by atoms with Crippen LogP contribution in [-0.4, -0.2) is 34.8 Å². The fourth-order valence-corrected chi connectivity index (χ4v) is 2.65. The fraction of sp³-hybridized carbons (Fsp3) is 0.278. The number of pyridine rings is 1. The molecule has 1 aliphatic heterocycles. The summed E-state index contributed by atoms with van der Waals surface area (Å²) in [7, 11) is 0. The van der Waals surface area contributed by atoms with Crippen molar-refractivity contribution in [2.75, 3.05) is 13.1 Å². The van der Waals surface area contributed by atoms with Gasteiger partial charge in [-0.1, -0.05) is 30.3 Å². The number of hydrogen-bond donors (Lipinski definition) is 0. The largest absolute Gasteiger partial charge is 0.444 e. The Labute approximate surface area is 134 Å². The van der Waals surface area contributed by atoms with E-state index in [-0.39, 0.29) is 5.91 Å². The van der Waals surface area contributed by atoms with E-state index in [9.17, 15) is 9.59 Å². The van der Waals surface area contributed by atoms with Crippen molar-refractivity contribution in [3.05, 3.63) is 66.0 Å². The van der Waals surface area contributed by atoms with Crippen molar-refractivity contribution >= 4 is 11.9 Å². The molecule has 5 nitrogen and oxygen atoms in total. The van der Waals surface area contributed by atoms with Gasteiger partial charge in [0.2, 0.25) is 6.10 Å². The van der Waals surface area contributed by atoms with Gasteiger partial charge in [0, 0.05) is 31.0 Å². The molecule has 1 fully saturated rings. The van der Waals surface area contributed by atoms with Crippen LogP contribution in [0.25, 0.3) is 0 Å². The van der Waals surface area contributed by atoms with E-state index < -0.39 is 12.1 Å². The molecule has 1 aromatic carbocycles. The second-order valence-electron chi connectivity index (χ2n) is 5.47. The van der Waals surface area contributed by atoms with Crippen LogP contribution >= 0.6 is 0 Å². The molecule has 1 amide bonds. The number of esters is 1. The molecule has 0 saturated carbocycles. The van der Waals surface area contributed by atoms with Crippen molar-refractivity contribution in [1.82, 2.24) is 9.88 Å². The Hall–Kier alpha value is -2.69. The number of hydrogen-bond acceptors (Lipinski definition) is 4. The lowest BCUT2D eigenvalue weighted by atomic mass is 10.1. The Morgan fingerprint density at radius 1 is 1.04 bits per heavy atom. The van der Waals surface area contributed by atoms with Gasteiger partial charge >= 0.3 is 5.97 Å². The van der Waals surface area contributed by atoms with Gasteiger partial charge in [-0.15, -0.1) is 0 Å². The van der Waals surface area contributed by atoms with Gasteiger partial charge in [-0.2, -0.15) is 0 Å². The van der Waals surface area contributed by atoms with Gasteiger partial charge in [0.15, 0.2) is 0 Å². The third-order valence-corrected chi connectivity index (χ3v) is 3.87. The highest BCUT2D eigenvalue weighted by Gasteiger charge is 2.31. The maximum atomic E-state index is 12.7. The Bertz CT molecular complexity index is 667. The number of amides is 1. The fourth-order valence-electron chi connectivity index (χ4n) is 2.65. The summed E-state index contributed by atoms with van der Waals surface area (Å²) in [5, 5.41) is 0. The Morgan fingerprint density at radius 2 is 1.78 bits per heavy atom. The first-order chi connectivity index (χ1) is 11.3. The number of carbonyl (C=O) groups is 2. The molecule has 0 N–H and O–H groups in total.